The number of amides is 2. The third kappa shape index (κ3) is 2.90. The molecular weight excluding hydrogens is 336 g/mol. The van der Waals surface area contributed by atoms with Crippen molar-refractivity contribution >= 4 is 51.6 Å². The van der Waals surface area contributed by atoms with Crippen LogP contribution in [0, 0.1) is 0 Å². The second-order valence-electron chi connectivity index (χ2n) is 5.73. The van der Waals surface area contributed by atoms with Gasteiger partial charge in [0.1, 0.15) is 0 Å². The molecule has 0 aliphatic carbocycles. The van der Waals surface area contributed by atoms with Crippen LogP contribution in [0.15, 0.2) is 67.0 Å². The summed E-state index contributed by atoms with van der Waals surface area (Å²) in [5, 5.41) is 2.01. The number of aromatic nitrogens is 2. The highest BCUT2D eigenvalue weighted by Crippen LogP contribution is 2.30. The van der Waals surface area contributed by atoms with Crippen molar-refractivity contribution in [3.63, 3.8) is 0 Å². The number of hydrogen-bond acceptors (Lipinski definition) is 2. The van der Waals surface area contributed by atoms with Gasteiger partial charge in [-0.1, -0.05) is 18.2 Å². The van der Waals surface area contributed by atoms with Crippen LogP contribution >= 0.6 is 12.4 Å². The highest BCUT2D eigenvalue weighted by Gasteiger charge is 2.16. The molecule has 2 aromatic carbocycles. The lowest BCUT2D eigenvalue weighted by molar-refractivity contribution is 0.256. The summed E-state index contributed by atoms with van der Waals surface area (Å²) in [4.78, 5) is 18.0. The molecule has 2 aromatic heterocycles. The molecule has 0 spiro atoms. The Morgan fingerprint density at radius 2 is 1.80 bits per heavy atom. The minimum atomic E-state index is -0.539. The van der Waals surface area contributed by atoms with Crippen molar-refractivity contribution < 1.29 is 4.79 Å². The second-order valence-corrected chi connectivity index (χ2v) is 5.73. The smallest absolute Gasteiger partial charge is 0.323 e. The number of halogens is 1. The Kier molecular flexibility index (Phi) is 4.33. The number of pyridine rings is 1. The third-order valence-corrected chi connectivity index (χ3v) is 4.18. The first-order valence-corrected chi connectivity index (χ1v) is 7.63. The summed E-state index contributed by atoms with van der Waals surface area (Å²) in [6.45, 7) is 0. The minimum absolute atomic E-state index is 0. The molecule has 0 radical (unpaired) electrons. The number of aryl methyl sites for hydroxylation is 1. The molecule has 0 saturated heterocycles. The molecule has 2 amide bonds. The van der Waals surface area contributed by atoms with E-state index in [9.17, 15) is 4.79 Å². The fraction of sp³-hybridized carbons (Fsp3) is 0.0526. The summed E-state index contributed by atoms with van der Waals surface area (Å²) < 4.78 is 2.03. The van der Waals surface area contributed by atoms with E-state index >= 15 is 0 Å². The highest BCUT2D eigenvalue weighted by atomic mass is 35.5. The highest BCUT2D eigenvalue weighted by molar-refractivity contribution is 6.01. The second kappa shape index (κ2) is 6.45. The molecule has 0 unspecified atom stereocenters. The van der Waals surface area contributed by atoms with Gasteiger partial charge in [0.25, 0.3) is 0 Å². The predicted molar refractivity (Wildman–Crippen MR) is 104 cm³/mol. The lowest BCUT2D eigenvalue weighted by Gasteiger charge is -2.21. The first-order valence-electron chi connectivity index (χ1n) is 7.63. The number of primary amides is 1. The molecular formula is C19H17ClN4O. The number of nitrogens with zero attached hydrogens (tertiary/aromatic N) is 3. The zero-order valence-corrected chi connectivity index (χ0v) is 14.4. The van der Waals surface area contributed by atoms with Gasteiger partial charge in [0, 0.05) is 29.5 Å². The monoisotopic (exact) mass is 352 g/mol. The van der Waals surface area contributed by atoms with Gasteiger partial charge in [-0.2, -0.15) is 0 Å². The van der Waals surface area contributed by atoms with Gasteiger partial charge < -0.3 is 10.3 Å². The van der Waals surface area contributed by atoms with Crippen LogP contribution in [0.4, 0.5) is 16.2 Å². The predicted octanol–water partition coefficient (Wildman–Crippen LogP) is 4.37. The molecule has 0 aliphatic rings. The molecule has 5 nitrogen and oxygen atoms in total. The fourth-order valence-electron chi connectivity index (χ4n) is 2.99. The lowest BCUT2D eigenvalue weighted by atomic mass is 10.1. The van der Waals surface area contributed by atoms with Crippen LogP contribution in [0.3, 0.4) is 0 Å². The number of para-hydroxylation sites is 1. The molecule has 2 heterocycles. The summed E-state index contributed by atoms with van der Waals surface area (Å²) in [6, 6.07) is 17.0. The first-order chi connectivity index (χ1) is 11.6. The van der Waals surface area contributed by atoms with Gasteiger partial charge >= 0.3 is 6.03 Å². The summed E-state index contributed by atoms with van der Waals surface area (Å²) in [6.07, 6.45) is 3.66. The Balaban J connectivity index is 0.00000182. The standard InChI is InChI=1S/C19H16N4O.ClH/c1-22-9-8-14-11-15(6-7-18(14)22)23(19(20)24)16-10-13-4-2-3-5-17(13)21-12-16;/h2-12H,1H3,(H2,20,24);1H. The van der Waals surface area contributed by atoms with Crippen LogP contribution in [0.1, 0.15) is 0 Å². The van der Waals surface area contributed by atoms with Crippen molar-refractivity contribution in [1.82, 2.24) is 9.55 Å². The molecule has 0 fully saturated rings. The molecule has 0 bridgehead atoms. The van der Waals surface area contributed by atoms with Crippen molar-refractivity contribution in [3.05, 3.63) is 67.0 Å². The van der Waals surface area contributed by atoms with Gasteiger partial charge in [0.2, 0.25) is 0 Å². The maximum atomic E-state index is 12.1. The molecule has 126 valence electrons. The minimum Gasteiger partial charge on any atom is -0.351 e. The SMILES string of the molecule is Cl.Cn1ccc2cc(N(C(N)=O)c3cnc4ccccc4c3)ccc21. The molecule has 4 rings (SSSR count). The maximum Gasteiger partial charge on any atom is 0.323 e. The number of fused-ring (bicyclic) bond motifs is 2. The number of anilines is 2. The molecule has 2 N–H and O–H groups in total. The Bertz CT molecular complexity index is 1070. The van der Waals surface area contributed by atoms with E-state index in [1.807, 2.05) is 72.4 Å². The van der Waals surface area contributed by atoms with E-state index in [-0.39, 0.29) is 12.4 Å². The number of carbonyl (C=O) groups excluding carboxylic acids is 1. The quantitative estimate of drug-likeness (QED) is 0.582. The van der Waals surface area contributed by atoms with Crippen molar-refractivity contribution in [2.45, 2.75) is 0 Å². The largest absolute Gasteiger partial charge is 0.351 e. The number of benzene rings is 2. The van der Waals surface area contributed by atoms with E-state index in [1.165, 1.54) is 4.90 Å². The molecule has 4 aromatic rings. The molecule has 6 heteroatoms. The Labute approximate surface area is 151 Å². The molecule has 0 saturated carbocycles. The van der Waals surface area contributed by atoms with Crippen LogP contribution in [0.25, 0.3) is 21.8 Å². The Hall–Kier alpha value is -3.05. The van der Waals surface area contributed by atoms with E-state index in [0.717, 1.165) is 27.5 Å². The number of hydrogen-bond donors (Lipinski definition) is 1. The lowest BCUT2D eigenvalue weighted by Crippen LogP contribution is -2.31. The number of urea groups is 1. The third-order valence-electron chi connectivity index (χ3n) is 4.18. The maximum absolute atomic E-state index is 12.1. The van der Waals surface area contributed by atoms with Gasteiger partial charge in [-0.05, 0) is 36.4 Å². The molecule has 0 aliphatic heterocycles. The summed E-state index contributed by atoms with van der Waals surface area (Å²) in [5.41, 5.74) is 8.99. The van der Waals surface area contributed by atoms with Crippen LogP contribution in [0.5, 0.6) is 0 Å². The van der Waals surface area contributed by atoms with Gasteiger partial charge in [0.05, 0.1) is 23.1 Å². The van der Waals surface area contributed by atoms with Crippen LogP contribution in [-0.4, -0.2) is 15.6 Å². The topological polar surface area (TPSA) is 64.2 Å². The molecule has 0 atom stereocenters. The van der Waals surface area contributed by atoms with Gasteiger partial charge in [-0.25, -0.2) is 4.79 Å². The summed E-state index contributed by atoms with van der Waals surface area (Å²) in [7, 11) is 1.99. The molecule has 25 heavy (non-hydrogen) atoms. The van der Waals surface area contributed by atoms with E-state index < -0.39 is 6.03 Å². The van der Waals surface area contributed by atoms with Crippen molar-refractivity contribution in [1.29, 1.82) is 0 Å². The van der Waals surface area contributed by atoms with Gasteiger partial charge in [-0.3, -0.25) is 9.88 Å². The Morgan fingerprint density at radius 1 is 1.04 bits per heavy atom. The average molecular weight is 353 g/mol. The summed E-state index contributed by atoms with van der Waals surface area (Å²) in [5.74, 6) is 0. The van der Waals surface area contributed by atoms with E-state index in [2.05, 4.69) is 4.98 Å². The number of nitrogens with two attached hydrogens (primary N) is 1. The van der Waals surface area contributed by atoms with Gasteiger partial charge in [0.15, 0.2) is 0 Å². The van der Waals surface area contributed by atoms with Crippen LogP contribution < -0.4 is 10.6 Å². The number of carbonyl (C=O) groups is 1. The van der Waals surface area contributed by atoms with Crippen molar-refractivity contribution in [3.8, 4) is 0 Å². The van der Waals surface area contributed by atoms with Crippen LogP contribution in [0.2, 0.25) is 0 Å². The van der Waals surface area contributed by atoms with E-state index in [1.54, 1.807) is 6.20 Å². The van der Waals surface area contributed by atoms with Crippen LogP contribution in [-0.2, 0) is 7.05 Å². The fourth-order valence-corrected chi connectivity index (χ4v) is 2.99. The van der Waals surface area contributed by atoms with Crippen molar-refractivity contribution in [2.24, 2.45) is 12.8 Å². The number of rotatable bonds is 2. The van der Waals surface area contributed by atoms with Gasteiger partial charge in [-0.15, -0.1) is 12.4 Å². The van der Waals surface area contributed by atoms with E-state index in [4.69, 9.17) is 5.73 Å². The average Bonchev–Trinajstić information content (AvgIpc) is 2.95. The Morgan fingerprint density at radius 3 is 2.60 bits per heavy atom. The van der Waals surface area contributed by atoms with E-state index in [0.29, 0.717) is 5.69 Å². The zero-order chi connectivity index (χ0) is 16.7. The summed E-state index contributed by atoms with van der Waals surface area (Å²) >= 11 is 0. The van der Waals surface area contributed by atoms with Crippen molar-refractivity contribution in [2.75, 3.05) is 4.90 Å². The normalized spacial score (nSPS) is 10.6. The first kappa shape index (κ1) is 16.8. The zero-order valence-electron chi connectivity index (χ0n) is 13.6.